The summed E-state index contributed by atoms with van der Waals surface area (Å²) in [6.45, 7) is 12.9. The van der Waals surface area contributed by atoms with Crippen LogP contribution in [0.1, 0.15) is 51.2 Å². The summed E-state index contributed by atoms with van der Waals surface area (Å²) in [4.78, 5) is 7.39. The van der Waals surface area contributed by atoms with Gasteiger partial charge in [-0.25, -0.2) is 4.99 Å². The van der Waals surface area contributed by atoms with Gasteiger partial charge in [-0.15, -0.1) is 0 Å². The molecule has 26 heavy (non-hydrogen) atoms. The summed E-state index contributed by atoms with van der Waals surface area (Å²) in [6, 6.07) is 8.92. The maximum Gasteiger partial charge on any atom is 0.191 e. The van der Waals surface area contributed by atoms with Crippen LogP contribution in [0.25, 0.3) is 0 Å². The van der Waals surface area contributed by atoms with E-state index in [9.17, 15) is 0 Å². The first kappa shape index (κ1) is 20.7. The predicted octanol–water partition coefficient (Wildman–Crippen LogP) is 3.15. The van der Waals surface area contributed by atoms with Crippen LogP contribution in [0.5, 0.6) is 0 Å². The molecule has 1 saturated heterocycles. The SMILES string of the molecule is CCCN1CCC(NC(=NCc2ccccc2COCC)NCC)CC1. The van der Waals surface area contributed by atoms with Crippen molar-refractivity contribution in [2.45, 2.75) is 59.2 Å². The molecule has 5 heteroatoms. The van der Waals surface area contributed by atoms with Crippen LogP contribution in [0.4, 0.5) is 0 Å². The number of benzene rings is 1. The molecule has 0 aliphatic carbocycles. The van der Waals surface area contributed by atoms with Gasteiger partial charge in [0.2, 0.25) is 0 Å². The molecule has 1 heterocycles. The van der Waals surface area contributed by atoms with Gasteiger partial charge >= 0.3 is 0 Å². The lowest BCUT2D eigenvalue weighted by Crippen LogP contribution is -2.48. The highest BCUT2D eigenvalue weighted by molar-refractivity contribution is 5.80. The fourth-order valence-corrected chi connectivity index (χ4v) is 3.36. The number of ether oxygens (including phenoxy) is 1. The molecule has 5 nitrogen and oxygen atoms in total. The summed E-state index contributed by atoms with van der Waals surface area (Å²) < 4.78 is 5.58. The van der Waals surface area contributed by atoms with Crippen molar-refractivity contribution in [2.75, 3.05) is 32.8 Å². The standard InChI is InChI=1S/C21H36N4O/c1-4-13-25-14-11-20(12-15-25)24-21(22-5-2)23-16-18-9-7-8-10-19(18)17-26-6-3/h7-10,20H,4-6,11-17H2,1-3H3,(H2,22,23,24). The van der Waals surface area contributed by atoms with E-state index in [0.717, 1.165) is 19.1 Å². The van der Waals surface area contributed by atoms with Gasteiger partial charge < -0.3 is 20.3 Å². The molecule has 0 spiro atoms. The number of aliphatic imine (C=N–C) groups is 1. The van der Waals surface area contributed by atoms with Crippen LogP contribution < -0.4 is 10.6 Å². The Kier molecular flexibility index (Phi) is 9.50. The van der Waals surface area contributed by atoms with E-state index in [-0.39, 0.29) is 0 Å². The summed E-state index contributed by atoms with van der Waals surface area (Å²) in [5.74, 6) is 0.924. The minimum absolute atomic E-state index is 0.513. The third-order valence-electron chi connectivity index (χ3n) is 4.80. The molecule has 0 bridgehead atoms. The minimum atomic E-state index is 0.513. The fourth-order valence-electron chi connectivity index (χ4n) is 3.36. The Morgan fingerprint density at radius 2 is 1.88 bits per heavy atom. The van der Waals surface area contributed by atoms with Crippen molar-refractivity contribution in [1.29, 1.82) is 0 Å². The average Bonchev–Trinajstić information content (AvgIpc) is 2.67. The second kappa shape index (κ2) is 11.9. The topological polar surface area (TPSA) is 48.9 Å². The fraction of sp³-hybridized carbons (Fsp3) is 0.667. The molecule has 1 aliphatic rings. The monoisotopic (exact) mass is 360 g/mol. The first-order chi connectivity index (χ1) is 12.8. The van der Waals surface area contributed by atoms with Crippen molar-refractivity contribution in [3.8, 4) is 0 Å². The second-order valence-corrected chi connectivity index (χ2v) is 6.86. The Labute approximate surface area is 159 Å². The van der Waals surface area contributed by atoms with Crippen molar-refractivity contribution in [2.24, 2.45) is 4.99 Å². The highest BCUT2D eigenvalue weighted by Gasteiger charge is 2.19. The van der Waals surface area contributed by atoms with Crippen LogP contribution in [0.15, 0.2) is 29.3 Å². The molecule has 2 rings (SSSR count). The zero-order chi connectivity index (χ0) is 18.6. The number of hydrogen-bond donors (Lipinski definition) is 2. The van der Waals surface area contributed by atoms with Crippen LogP contribution in [0.3, 0.4) is 0 Å². The molecule has 146 valence electrons. The zero-order valence-electron chi connectivity index (χ0n) is 16.8. The summed E-state index contributed by atoms with van der Waals surface area (Å²) in [5.41, 5.74) is 2.46. The average molecular weight is 361 g/mol. The van der Waals surface area contributed by atoms with Crippen molar-refractivity contribution in [1.82, 2.24) is 15.5 Å². The quantitative estimate of drug-likeness (QED) is 0.525. The maximum atomic E-state index is 5.58. The van der Waals surface area contributed by atoms with Crippen molar-refractivity contribution in [3.63, 3.8) is 0 Å². The lowest BCUT2D eigenvalue weighted by Gasteiger charge is -2.32. The predicted molar refractivity (Wildman–Crippen MR) is 109 cm³/mol. The largest absolute Gasteiger partial charge is 0.377 e. The Bertz CT molecular complexity index is 539. The summed E-state index contributed by atoms with van der Waals surface area (Å²) in [6.07, 6.45) is 3.61. The van der Waals surface area contributed by atoms with Gasteiger partial charge in [0.05, 0.1) is 13.2 Å². The third-order valence-corrected chi connectivity index (χ3v) is 4.80. The van der Waals surface area contributed by atoms with Crippen molar-refractivity contribution >= 4 is 5.96 Å². The Balaban J connectivity index is 1.93. The molecule has 1 aromatic rings. The first-order valence-corrected chi connectivity index (χ1v) is 10.2. The third kappa shape index (κ3) is 6.96. The number of rotatable bonds is 9. The van der Waals surface area contributed by atoms with E-state index in [0.29, 0.717) is 19.2 Å². The number of hydrogen-bond acceptors (Lipinski definition) is 3. The van der Waals surface area contributed by atoms with Crippen molar-refractivity contribution in [3.05, 3.63) is 35.4 Å². The summed E-state index contributed by atoms with van der Waals surface area (Å²) in [7, 11) is 0. The highest BCUT2D eigenvalue weighted by Crippen LogP contribution is 2.13. The van der Waals surface area contributed by atoms with E-state index in [1.807, 2.05) is 6.92 Å². The van der Waals surface area contributed by atoms with Gasteiger partial charge in [-0.2, -0.15) is 0 Å². The van der Waals surface area contributed by atoms with E-state index < -0.39 is 0 Å². The molecule has 0 aromatic heterocycles. The van der Waals surface area contributed by atoms with E-state index >= 15 is 0 Å². The van der Waals surface area contributed by atoms with Gasteiger partial charge in [-0.3, -0.25) is 0 Å². The van der Waals surface area contributed by atoms with Crippen molar-refractivity contribution < 1.29 is 4.74 Å². The van der Waals surface area contributed by atoms with Gasteiger partial charge in [0.25, 0.3) is 0 Å². The zero-order valence-corrected chi connectivity index (χ0v) is 16.8. The normalized spacial score (nSPS) is 16.7. The first-order valence-electron chi connectivity index (χ1n) is 10.2. The maximum absolute atomic E-state index is 5.58. The molecule has 1 aromatic carbocycles. The molecule has 0 saturated carbocycles. The molecule has 2 N–H and O–H groups in total. The molecular formula is C21H36N4O. The second-order valence-electron chi connectivity index (χ2n) is 6.86. The molecule has 1 fully saturated rings. The Morgan fingerprint density at radius 1 is 1.15 bits per heavy atom. The number of nitrogens with one attached hydrogen (secondary N) is 2. The summed E-state index contributed by atoms with van der Waals surface area (Å²) >= 11 is 0. The van der Waals surface area contributed by atoms with Gasteiger partial charge in [0.1, 0.15) is 0 Å². The molecule has 1 aliphatic heterocycles. The van der Waals surface area contributed by atoms with E-state index in [2.05, 4.69) is 53.6 Å². The number of guanidine groups is 1. The smallest absolute Gasteiger partial charge is 0.191 e. The lowest BCUT2D eigenvalue weighted by atomic mass is 10.1. The van der Waals surface area contributed by atoms with E-state index in [4.69, 9.17) is 9.73 Å². The molecule has 0 unspecified atom stereocenters. The molecular weight excluding hydrogens is 324 g/mol. The number of piperidine rings is 1. The highest BCUT2D eigenvalue weighted by atomic mass is 16.5. The van der Waals surface area contributed by atoms with Gasteiger partial charge in [-0.05, 0) is 50.8 Å². The van der Waals surface area contributed by atoms with Crippen LogP contribution >= 0.6 is 0 Å². The van der Waals surface area contributed by atoms with Crippen LogP contribution in [0, 0.1) is 0 Å². The summed E-state index contributed by atoms with van der Waals surface area (Å²) in [5, 5.41) is 7.03. The van der Waals surface area contributed by atoms with Crippen LogP contribution in [-0.2, 0) is 17.9 Å². The Morgan fingerprint density at radius 3 is 2.54 bits per heavy atom. The molecule has 0 amide bonds. The Hall–Kier alpha value is -1.59. The van der Waals surface area contributed by atoms with Gasteiger partial charge in [-0.1, -0.05) is 31.2 Å². The number of likely N-dealkylation sites (tertiary alicyclic amines) is 1. The minimum Gasteiger partial charge on any atom is -0.377 e. The molecule has 0 atom stereocenters. The van der Waals surface area contributed by atoms with Gasteiger partial charge in [0, 0.05) is 32.3 Å². The lowest BCUT2D eigenvalue weighted by molar-refractivity contribution is 0.133. The van der Waals surface area contributed by atoms with E-state index in [1.54, 1.807) is 0 Å². The van der Waals surface area contributed by atoms with Crippen LogP contribution in [-0.4, -0.2) is 49.7 Å². The van der Waals surface area contributed by atoms with Gasteiger partial charge in [0.15, 0.2) is 5.96 Å². The number of nitrogens with zero attached hydrogens (tertiary/aromatic N) is 2. The van der Waals surface area contributed by atoms with Crippen LogP contribution in [0.2, 0.25) is 0 Å². The van der Waals surface area contributed by atoms with E-state index in [1.165, 1.54) is 50.0 Å². The molecule has 0 radical (unpaired) electrons.